The third-order valence-corrected chi connectivity index (χ3v) is 5.42. The Hall–Kier alpha value is -2.19. The third-order valence-electron chi connectivity index (χ3n) is 5.42. The van der Waals surface area contributed by atoms with Gasteiger partial charge in [-0.2, -0.15) is 0 Å². The first-order valence-electron chi connectivity index (χ1n) is 9.46. The molecule has 25 heavy (non-hydrogen) atoms. The van der Waals surface area contributed by atoms with Crippen molar-refractivity contribution in [3.05, 3.63) is 78.1 Å². The molecule has 0 spiro atoms. The summed E-state index contributed by atoms with van der Waals surface area (Å²) in [6.07, 6.45) is 13.8. The first kappa shape index (κ1) is 16.3. The molecule has 2 aromatic rings. The van der Waals surface area contributed by atoms with Crippen LogP contribution in [0.2, 0.25) is 0 Å². The Kier molecular flexibility index (Phi) is 5.08. The number of hydrogen-bond acceptors (Lipinski definition) is 2. The quantitative estimate of drug-likeness (QED) is 0.779. The Balaban J connectivity index is 1.39. The normalized spacial score (nSPS) is 21.5. The average molecular weight is 330 g/mol. The van der Waals surface area contributed by atoms with Crippen molar-refractivity contribution in [1.82, 2.24) is 9.88 Å². The van der Waals surface area contributed by atoms with Crippen LogP contribution in [0.3, 0.4) is 0 Å². The minimum atomic E-state index is 0.677. The van der Waals surface area contributed by atoms with Crippen molar-refractivity contribution in [2.24, 2.45) is 5.92 Å². The minimum absolute atomic E-state index is 0.677. The summed E-state index contributed by atoms with van der Waals surface area (Å²) in [4.78, 5) is 6.89. The predicted molar refractivity (Wildman–Crippen MR) is 105 cm³/mol. The van der Waals surface area contributed by atoms with Crippen LogP contribution in [-0.4, -0.2) is 29.5 Å². The molecule has 0 saturated carbocycles. The lowest BCUT2D eigenvalue weighted by atomic mass is 9.87. The fraction of sp³-hybridized carbons (Fsp3) is 0.348. The van der Waals surface area contributed by atoms with E-state index in [1.807, 2.05) is 18.5 Å². The molecule has 1 aliphatic heterocycles. The molecule has 4 rings (SSSR count). The Labute approximate surface area is 150 Å². The van der Waals surface area contributed by atoms with Gasteiger partial charge < -0.3 is 0 Å². The molecule has 1 atom stereocenters. The highest BCUT2D eigenvalue weighted by molar-refractivity contribution is 5.67. The Morgan fingerprint density at radius 1 is 0.960 bits per heavy atom. The Morgan fingerprint density at radius 3 is 2.60 bits per heavy atom. The molecule has 0 amide bonds. The lowest BCUT2D eigenvalue weighted by molar-refractivity contribution is 0.262. The van der Waals surface area contributed by atoms with Gasteiger partial charge in [-0.25, -0.2) is 0 Å². The van der Waals surface area contributed by atoms with Crippen LogP contribution in [0.4, 0.5) is 0 Å². The highest BCUT2D eigenvalue weighted by Gasteiger charge is 2.19. The molecule has 0 fully saturated rings. The highest BCUT2D eigenvalue weighted by Crippen LogP contribution is 2.31. The molecule has 1 aromatic heterocycles. The second kappa shape index (κ2) is 7.79. The number of pyridine rings is 1. The molecule has 0 radical (unpaired) electrons. The van der Waals surface area contributed by atoms with Gasteiger partial charge in [0.05, 0.1) is 0 Å². The van der Waals surface area contributed by atoms with E-state index in [0.717, 1.165) is 13.0 Å². The number of rotatable bonds is 4. The molecule has 0 N–H and O–H groups in total. The van der Waals surface area contributed by atoms with Crippen LogP contribution in [0.1, 0.15) is 36.8 Å². The molecular formula is C23H26N2. The van der Waals surface area contributed by atoms with Crippen LogP contribution in [0.25, 0.3) is 11.1 Å². The molecule has 1 aromatic carbocycles. The molecule has 0 bridgehead atoms. The maximum atomic E-state index is 4.28. The zero-order valence-electron chi connectivity index (χ0n) is 14.8. The third kappa shape index (κ3) is 4.08. The van der Waals surface area contributed by atoms with Gasteiger partial charge in [-0.05, 0) is 59.9 Å². The van der Waals surface area contributed by atoms with E-state index in [1.165, 1.54) is 54.6 Å². The van der Waals surface area contributed by atoms with E-state index in [2.05, 4.69) is 58.4 Å². The maximum Gasteiger partial charge on any atom is 0.0342 e. The van der Waals surface area contributed by atoms with Gasteiger partial charge in [-0.15, -0.1) is 0 Å². The molecule has 2 heterocycles. The fourth-order valence-electron chi connectivity index (χ4n) is 4.07. The van der Waals surface area contributed by atoms with E-state index >= 15 is 0 Å². The summed E-state index contributed by atoms with van der Waals surface area (Å²) in [5, 5.41) is 0. The van der Waals surface area contributed by atoms with E-state index in [0.29, 0.717) is 5.92 Å². The molecule has 128 valence electrons. The smallest absolute Gasteiger partial charge is 0.0342 e. The maximum absolute atomic E-state index is 4.28. The highest BCUT2D eigenvalue weighted by atomic mass is 15.1. The second-order valence-corrected chi connectivity index (χ2v) is 7.19. The van der Waals surface area contributed by atoms with Crippen molar-refractivity contribution in [3.8, 4) is 0 Å². The number of aromatic nitrogens is 1. The molecule has 1 unspecified atom stereocenters. The van der Waals surface area contributed by atoms with Gasteiger partial charge in [0.2, 0.25) is 0 Å². The van der Waals surface area contributed by atoms with Gasteiger partial charge in [0.15, 0.2) is 0 Å². The predicted octanol–water partition coefficient (Wildman–Crippen LogP) is 5.05. The lowest BCUT2D eigenvalue weighted by Gasteiger charge is -2.31. The summed E-state index contributed by atoms with van der Waals surface area (Å²) in [6, 6.07) is 15.0. The minimum Gasteiger partial charge on any atom is -0.299 e. The number of nitrogens with zero attached hydrogens (tertiary/aromatic N) is 2. The summed E-state index contributed by atoms with van der Waals surface area (Å²) < 4.78 is 0. The standard InChI is InChI=1S/C23H26N2/c1-2-7-20(8-3-1)21-11-14-25(15-12-21)18-19-6-4-9-22(16-19)23-10-5-13-24-17-23/h1-3,5,7-8,10-11,13,16-17,19H,4,6,9,12,14-15,18H2. The summed E-state index contributed by atoms with van der Waals surface area (Å²) in [5.74, 6) is 0.677. The topological polar surface area (TPSA) is 16.1 Å². The molecule has 1 aliphatic carbocycles. The monoisotopic (exact) mass is 330 g/mol. The van der Waals surface area contributed by atoms with Crippen molar-refractivity contribution in [3.63, 3.8) is 0 Å². The Bertz CT molecular complexity index is 746. The molecule has 0 saturated heterocycles. The van der Waals surface area contributed by atoms with Crippen molar-refractivity contribution in [2.45, 2.75) is 25.7 Å². The molecule has 2 heteroatoms. The first-order chi connectivity index (χ1) is 12.4. The number of benzene rings is 1. The Morgan fingerprint density at radius 2 is 1.84 bits per heavy atom. The molecule has 2 aliphatic rings. The van der Waals surface area contributed by atoms with E-state index < -0.39 is 0 Å². The summed E-state index contributed by atoms with van der Waals surface area (Å²) in [7, 11) is 0. The first-order valence-corrected chi connectivity index (χ1v) is 9.46. The van der Waals surface area contributed by atoms with Gasteiger partial charge >= 0.3 is 0 Å². The van der Waals surface area contributed by atoms with Crippen molar-refractivity contribution >= 4 is 11.1 Å². The van der Waals surface area contributed by atoms with Crippen LogP contribution < -0.4 is 0 Å². The van der Waals surface area contributed by atoms with Crippen LogP contribution in [0, 0.1) is 5.92 Å². The SMILES string of the molecule is C1=C(c2cccnc2)CCCC1CN1CC=C(c2ccccc2)CC1. The molecule has 2 nitrogen and oxygen atoms in total. The zero-order chi connectivity index (χ0) is 16.9. The average Bonchev–Trinajstić information content (AvgIpc) is 2.70. The van der Waals surface area contributed by atoms with Crippen LogP contribution in [0.15, 0.2) is 67.0 Å². The van der Waals surface area contributed by atoms with Crippen molar-refractivity contribution < 1.29 is 0 Å². The van der Waals surface area contributed by atoms with E-state index in [9.17, 15) is 0 Å². The molecular weight excluding hydrogens is 304 g/mol. The zero-order valence-corrected chi connectivity index (χ0v) is 14.8. The summed E-state index contributed by atoms with van der Waals surface area (Å²) in [6.45, 7) is 3.44. The van der Waals surface area contributed by atoms with Gasteiger partial charge in [0, 0.05) is 32.0 Å². The second-order valence-electron chi connectivity index (χ2n) is 7.19. The van der Waals surface area contributed by atoms with E-state index in [4.69, 9.17) is 0 Å². The number of allylic oxidation sites excluding steroid dienone is 1. The van der Waals surface area contributed by atoms with Crippen LogP contribution >= 0.6 is 0 Å². The van der Waals surface area contributed by atoms with Gasteiger partial charge in [-0.1, -0.05) is 48.6 Å². The summed E-state index contributed by atoms with van der Waals surface area (Å²) in [5.41, 5.74) is 5.68. The van der Waals surface area contributed by atoms with Gasteiger partial charge in [-0.3, -0.25) is 9.88 Å². The summed E-state index contributed by atoms with van der Waals surface area (Å²) >= 11 is 0. The number of hydrogen-bond donors (Lipinski definition) is 0. The van der Waals surface area contributed by atoms with Gasteiger partial charge in [0.25, 0.3) is 0 Å². The van der Waals surface area contributed by atoms with Crippen molar-refractivity contribution in [2.75, 3.05) is 19.6 Å². The fourth-order valence-corrected chi connectivity index (χ4v) is 4.07. The van der Waals surface area contributed by atoms with Gasteiger partial charge in [0.1, 0.15) is 0 Å². The van der Waals surface area contributed by atoms with Crippen LogP contribution in [0.5, 0.6) is 0 Å². The van der Waals surface area contributed by atoms with Crippen molar-refractivity contribution in [1.29, 1.82) is 0 Å². The van der Waals surface area contributed by atoms with E-state index in [-0.39, 0.29) is 0 Å². The van der Waals surface area contributed by atoms with E-state index in [1.54, 1.807) is 0 Å². The van der Waals surface area contributed by atoms with Crippen LogP contribution in [-0.2, 0) is 0 Å². The largest absolute Gasteiger partial charge is 0.299 e. The lowest BCUT2D eigenvalue weighted by Crippen LogP contribution is -2.33.